The second kappa shape index (κ2) is 3.95. The molecule has 17 heavy (non-hydrogen) atoms. The van der Waals surface area contributed by atoms with Crippen LogP contribution in [-0.4, -0.2) is 28.7 Å². The lowest BCUT2D eigenvalue weighted by molar-refractivity contribution is -0.116. The van der Waals surface area contributed by atoms with Crippen LogP contribution in [0.3, 0.4) is 0 Å². The number of carbonyl (C=O) groups excluding carboxylic acids is 2. The number of benzene rings is 1. The molecule has 3 nitrogen and oxygen atoms in total. The summed E-state index contributed by atoms with van der Waals surface area (Å²) in [5.74, 6) is -0.537. The van der Waals surface area contributed by atoms with Gasteiger partial charge >= 0.3 is 0 Å². The first-order valence-corrected chi connectivity index (χ1v) is 5.49. The number of nitrogens with zero attached hydrogens (tertiary/aromatic N) is 1. The van der Waals surface area contributed by atoms with Crippen molar-refractivity contribution in [3.05, 3.63) is 35.6 Å². The van der Waals surface area contributed by atoms with E-state index in [0.29, 0.717) is 12.0 Å². The van der Waals surface area contributed by atoms with Gasteiger partial charge in [-0.3, -0.25) is 9.59 Å². The van der Waals surface area contributed by atoms with Crippen LogP contribution in [0.1, 0.15) is 30.6 Å². The molecule has 1 saturated heterocycles. The molecular weight excluding hydrogens is 221 g/mol. The average Bonchev–Trinajstić information content (AvgIpc) is 2.52. The predicted molar refractivity (Wildman–Crippen MR) is 61.1 cm³/mol. The van der Waals surface area contributed by atoms with Gasteiger partial charge in [-0.25, -0.2) is 4.39 Å². The summed E-state index contributed by atoms with van der Waals surface area (Å²) >= 11 is 0. The zero-order chi connectivity index (χ0) is 12.6. The van der Waals surface area contributed by atoms with E-state index < -0.39 is 5.54 Å². The van der Waals surface area contributed by atoms with E-state index >= 15 is 0 Å². The van der Waals surface area contributed by atoms with Gasteiger partial charge in [0.1, 0.15) is 5.82 Å². The molecule has 0 atom stereocenters. The van der Waals surface area contributed by atoms with Gasteiger partial charge in [0.05, 0.1) is 6.54 Å². The van der Waals surface area contributed by atoms with Crippen molar-refractivity contribution in [2.75, 3.05) is 6.54 Å². The molecule has 0 bridgehead atoms. The van der Waals surface area contributed by atoms with Gasteiger partial charge in [-0.2, -0.15) is 0 Å². The van der Waals surface area contributed by atoms with Crippen molar-refractivity contribution in [3.63, 3.8) is 0 Å². The highest BCUT2D eigenvalue weighted by molar-refractivity contribution is 5.99. The first kappa shape index (κ1) is 11.8. The fraction of sp³-hybridized carbons (Fsp3) is 0.385. The lowest BCUT2D eigenvalue weighted by Gasteiger charge is -2.30. The Morgan fingerprint density at radius 1 is 1.29 bits per heavy atom. The minimum atomic E-state index is -0.456. The standard InChI is InChI=1S/C13H14FNO2/c1-13(2)7-11(16)8-15(13)12(17)9-3-5-10(14)6-4-9/h3-6H,7-8H2,1-2H3. The lowest BCUT2D eigenvalue weighted by atomic mass is 10.0. The molecule has 0 spiro atoms. The van der Waals surface area contributed by atoms with E-state index in [1.165, 1.54) is 24.3 Å². The lowest BCUT2D eigenvalue weighted by Crippen LogP contribution is -2.42. The Balaban J connectivity index is 2.26. The smallest absolute Gasteiger partial charge is 0.254 e. The number of amides is 1. The van der Waals surface area contributed by atoms with E-state index in [1.54, 1.807) is 4.90 Å². The molecule has 1 aliphatic rings. The number of carbonyl (C=O) groups is 2. The second-order valence-electron chi connectivity index (χ2n) is 4.93. The van der Waals surface area contributed by atoms with E-state index in [2.05, 4.69) is 0 Å². The van der Waals surface area contributed by atoms with Gasteiger partial charge < -0.3 is 4.90 Å². The molecule has 0 aliphatic carbocycles. The topological polar surface area (TPSA) is 37.4 Å². The van der Waals surface area contributed by atoms with Gasteiger partial charge in [0.25, 0.3) is 5.91 Å². The van der Waals surface area contributed by atoms with Gasteiger partial charge in [0.15, 0.2) is 5.78 Å². The molecule has 1 amide bonds. The van der Waals surface area contributed by atoms with E-state index in [1.807, 2.05) is 13.8 Å². The molecule has 1 aliphatic heterocycles. The molecule has 0 unspecified atom stereocenters. The van der Waals surface area contributed by atoms with Crippen LogP contribution in [0.15, 0.2) is 24.3 Å². The molecule has 90 valence electrons. The molecule has 0 N–H and O–H groups in total. The van der Waals surface area contributed by atoms with Crippen LogP contribution in [0.4, 0.5) is 4.39 Å². The maximum absolute atomic E-state index is 12.8. The highest BCUT2D eigenvalue weighted by Crippen LogP contribution is 2.27. The Bertz CT molecular complexity index is 465. The van der Waals surface area contributed by atoms with Crippen LogP contribution in [0.25, 0.3) is 0 Å². The normalized spacial score (nSPS) is 18.5. The van der Waals surface area contributed by atoms with Crippen LogP contribution < -0.4 is 0 Å². The Labute approximate surface area is 99.2 Å². The quantitative estimate of drug-likeness (QED) is 0.746. The van der Waals surface area contributed by atoms with E-state index in [0.717, 1.165) is 0 Å². The van der Waals surface area contributed by atoms with Gasteiger partial charge in [-0.15, -0.1) is 0 Å². The minimum Gasteiger partial charge on any atom is -0.326 e. The summed E-state index contributed by atoms with van der Waals surface area (Å²) in [6.45, 7) is 3.86. The van der Waals surface area contributed by atoms with E-state index in [4.69, 9.17) is 0 Å². The van der Waals surface area contributed by atoms with Crippen LogP contribution in [0.2, 0.25) is 0 Å². The maximum atomic E-state index is 12.8. The van der Waals surface area contributed by atoms with Crippen LogP contribution in [0, 0.1) is 5.82 Å². The molecule has 0 saturated carbocycles. The van der Waals surface area contributed by atoms with Gasteiger partial charge in [0, 0.05) is 17.5 Å². The third kappa shape index (κ3) is 2.20. The molecule has 1 fully saturated rings. The summed E-state index contributed by atoms with van der Waals surface area (Å²) < 4.78 is 12.8. The number of hydrogen-bond donors (Lipinski definition) is 0. The minimum absolute atomic E-state index is 0.0606. The molecular formula is C13H14FNO2. The molecule has 4 heteroatoms. The monoisotopic (exact) mass is 235 g/mol. The second-order valence-corrected chi connectivity index (χ2v) is 4.93. The predicted octanol–water partition coefficient (Wildman–Crippen LogP) is 2.02. The summed E-state index contributed by atoms with van der Waals surface area (Å²) in [5, 5.41) is 0. The summed E-state index contributed by atoms with van der Waals surface area (Å²) in [5.41, 5.74) is -0.0445. The summed E-state index contributed by atoms with van der Waals surface area (Å²) in [6, 6.07) is 5.38. The molecule has 0 aromatic heterocycles. The molecule has 2 rings (SSSR count). The highest BCUT2D eigenvalue weighted by atomic mass is 19.1. The van der Waals surface area contributed by atoms with Gasteiger partial charge in [-0.1, -0.05) is 0 Å². The van der Waals surface area contributed by atoms with Crippen LogP contribution in [-0.2, 0) is 4.79 Å². The van der Waals surface area contributed by atoms with Crippen molar-refractivity contribution >= 4 is 11.7 Å². The Morgan fingerprint density at radius 2 is 1.88 bits per heavy atom. The molecule has 1 heterocycles. The SMILES string of the molecule is CC1(C)CC(=O)CN1C(=O)c1ccc(F)cc1. The average molecular weight is 235 g/mol. The van der Waals surface area contributed by atoms with Crippen molar-refractivity contribution in [3.8, 4) is 0 Å². The van der Waals surface area contributed by atoms with Gasteiger partial charge in [-0.05, 0) is 38.1 Å². The van der Waals surface area contributed by atoms with Crippen molar-refractivity contribution < 1.29 is 14.0 Å². The summed E-state index contributed by atoms with van der Waals surface area (Å²) in [6.07, 6.45) is 0.375. The number of ketones is 1. The van der Waals surface area contributed by atoms with Gasteiger partial charge in [0.2, 0.25) is 0 Å². The fourth-order valence-electron chi connectivity index (χ4n) is 2.12. The van der Waals surface area contributed by atoms with Crippen molar-refractivity contribution in [1.29, 1.82) is 0 Å². The zero-order valence-corrected chi connectivity index (χ0v) is 9.87. The van der Waals surface area contributed by atoms with Crippen molar-refractivity contribution in [2.24, 2.45) is 0 Å². The first-order chi connectivity index (χ1) is 7.90. The number of likely N-dealkylation sites (tertiary alicyclic amines) is 1. The van der Waals surface area contributed by atoms with Crippen LogP contribution in [0.5, 0.6) is 0 Å². The largest absolute Gasteiger partial charge is 0.326 e. The number of hydrogen-bond acceptors (Lipinski definition) is 2. The number of halogens is 1. The third-order valence-electron chi connectivity index (χ3n) is 3.03. The Kier molecular flexibility index (Phi) is 2.73. The zero-order valence-electron chi connectivity index (χ0n) is 9.87. The fourth-order valence-corrected chi connectivity index (χ4v) is 2.12. The number of Topliss-reactive ketones (excluding diaryl/α,β-unsaturated/α-hetero) is 1. The van der Waals surface area contributed by atoms with Crippen molar-refractivity contribution in [2.45, 2.75) is 25.8 Å². The van der Waals surface area contributed by atoms with Crippen molar-refractivity contribution in [1.82, 2.24) is 4.90 Å². The van der Waals surface area contributed by atoms with E-state index in [-0.39, 0.29) is 24.1 Å². The van der Waals surface area contributed by atoms with E-state index in [9.17, 15) is 14.0 Å². The summed E-state index contributed by atoms with van der Waals surface area (Å²) in [7, 11) is 0. The first-order valence-electron chi connectivity index (χ1n) is 5.49. The third-order valence-corrected chi connectivity index (χ3v) is 3.03. The van der Waals surface area contributed by atoms with Crippen LogP contribution >= 0.6 is 0 Å². The number of rotatable bonds is 1. The Hall–Kier alpha value is -1.71. The molecule has 1 aromatic rings. The molecule has 0 radical (unpaired) electrons. The summed E-state index contributed by atoms with van der Waals surface area (Å²) in [4.78, 5) is 25.1. The highest BCUT2D eigenvalue weighted by Gasteiger charge is 2.40. The maximum Gasteiger partial charge on any atom is 0.254 e. The Morgan fingerprint density at radius 3 is 2.35 bits per heavy atom. The molecule has 1 aromatic carbocycles.